The molecule has 0 saturated heterocycles. The Bertz CT molecular complexity index is 333. The molecule has 1 N–H and O–H groups in total. The summed E-state index contributed by atoms with van der Waals surface area (Å²) in [6, 6.07) is 0. The monoisotopic (exact) mass is 241 g/mol. The Kier molecular flexibility index (Phi) is 5.38. The van der Waals surface area contributed by atoms with E-state index in [-0.39, 0.29) is 0 Å². The molecule has 0 aliphatic heterocycles. The van der Waals surface area contributed by atoms with Crippen molar-refractivity contribution >= 4 is 17.6 Å². The molecule has 90 valence electrons. The van der Waals surface area contributed by atoms with E-state index >= 15 is 0 Å². The average molecular weight is 241 g/mol. The van der Waals surface area contributed by atoms with Crippen molar-refractivity contribution < 1.29 is 4.74 Å². The minimum Gasteiger partial charge on any atom is -0.481 e. The molecule has 1 heterocycles. The Hall–Kier alpha value is -0.970. The maximum Gasteiger partial charge on any atom is 0.221 e. The van der Waals surface area contributed by atoms with E-state index < -0.39 is 0 Å². The lowest BCUT2D eigenvalue weighted by Gasteiger charge is -2.14. The molecule has 16 heavy (non-hydrogen) atoms. The van der Waals surface area contributed by atoms with Gasteiger partial charge in [-0.25, -0.2) is 9.97 Å². The Morgan fingerprint density at radius 1 is 1.50 bits per heavy atom. The molecule has 0 spiro atoms. The summed E-state index contributed by atoms with van der Waals surface area (Å²) in [6.07, 6.45) is 3.64. The van der Waals surface area contributed by atoms with Gasteiger partial charge in [-0.1, -0.05) is 6.92 Å². The van der Waals surface area contributed by atoms with E-state index in [4.69, 9.17) is 4.74 Å². The molecule has 0 bridgehead atoms. The minimum atomic E-state index is 0.621. The SMILES string of the molecule is COc1ncnc(NCC(C)CSC)c1C. The van der Waals surface area contributed by atoms with E-state index in [1.54, 1.807) is 7.11 Å². The van der Waals surface area contributed by atoms with Gasteiger partial charge in [-0.05, 0) is 24.9 Å². The summed E-state index contributed by atoms with van der Waals surface area (Å²) in [4.78, 5) is 8.25. The summed E-state index contributed by atoms with van der Waals surface area (Å²) < 4.78 is 5.14. The van der Waals surface area contributed by atoms with Crippen LogP contribution in [0, 0.1) is 12.8 Å². The minimum absolute atomic E-state index is 0.621. The highest BCUT2D eigenvalue weighted by Crippen LogP contribution is 2.20. The van der Waals surface area contributed by atoms with Crippen molar-refractivity contribution in [3.05, 3.63) is 11.9 Å². The van der Waals surface area contributed by atoms with Crippen LogP contribution in [-0.2, 0) is 0 Å². The Morgan fingerprint density at radius 2 is 2.25 bits per heavy atom. The quantitative estimate of drug-likeness (QED) is 0.827. The van der Waals surface area contributed by atoms with Gasteiger partial charge in [-0.2, -0.15) is 11.8 Å². The molecule has 1 aromatic rings. The van der Waals surface area contributed by atoms with Crippen LogP contribution in [0.3, 0.4) is 0 Å². The van der Waals surface area contributed by atoms with Gasteiger partial charge in [0.2, 0.25) is 5.88 Å². The van der Waals surface area contributed by atoms with Gasteiger partial charge in [0, 0.05) is 6.54 Å². The van der Waals surface area contributed by atoms with Crippen LogP contribution in [0.5, 0.6) is 5.88 Å². The zero-order valence-corrected chi connectivity index (χ0v) is 11.1. The molecule has 0 aliphatic rings. The molecule has 0 aliphatic carbocycles. The summed E-state index contributed by atoms with van der Waals surface area (Å²) in [5.41, 5.74) is 0.960. The number of anilines is 1. The van der Waals surface area contributed by atoms with Gasteiger partial charge < -0.3 is 10.1 Å². The standard InChI is InChI=1S/C11H19N3OS/c1-8(6-16-4)5-12-10-9(2)11(15-3)14-7-13-10/h7-8H,5-6H2,1-4H3,(H,12,13,14). The van der Waals surface area contributed by atoms with Crippen molar-refractivity contribution in [2.45, 2.75) is 13.8 Å². The molecule has 0 fully saturated rings. The smallest absolute Gasteiger partial charge is 0.221 e. The van der Waals surface area contributed by atoms with Gasteiger partial charge in [0.25, 0.3) is 0 Å². The zero-order chi connectivity index (χ0) is 12.0. The molecule has 0 saturated carbocycles. The molecule has 1 unspecified atom stereocenters. The molecular weight excluding hydrogens is 222 g/mol. The number of nitrogens with one attached hydrogen (secondary N) is 1. The predicted molar refractivity (Wildman–Crippen MR) is 69.4 cm³/mol. The number of ether oxygens (including phenoxy) is 1. The predicted octanol–water partition coefficient (Wildman–Crippen LogP) is 2.20. The van der Waals surface area contributed by atoms with Crippen LogP contribution in [-0.4, -0.2) is 35.6 Å². The maximum absolute atomic E-state index is 5.14. The third-order valence-electron chi connectivity index (χ3n) is 2.30. The Labute approximate surface area is 101 Å². The van der Waals surface area contributed by atoms with Crippen LogP contribution in [0.2, 0.25) is 0 Å². The molecular formula is C11H19N3OS. The second kappa shape index (κ2) is 6.58. The Balaban J connectivity index is 2.60. The molecule has 1 aromatic heterocycles. The molecule has 0 aromatic carbocycles. The van der Waals surface area contributed by atoms with Crippen molar-refractivity contribution in [3.8, 4) is 5.88 Å². The first kappa shape index (κ1) is 13.1. The highest BCUT2D eigenvalue weighted by Gasteiger charge is 2.08. The van der Waals surface area contributed by atoms with Crippen molar-refractivity contribution in [1.29, 1.82) is 0 Å². The van der Waals surface area contributed by atoms with E-state index in [9.17, 15) is 0 Å². The third kappa shape index (κ3) is 3.56. The molecule has 5 heteroatoms. The Morgan fingerprint density at radius 3 is 2.88 bits per heavy atom. The second-order valence-corrected chi connectivity index (χ2v) is 4.71. The number of hydrogen-bond donors (Lipinski definition) is 1. The van der Waals surface area contributed by atoms with E-state index in [0.29, 0.717) is 11.8 Å². The lowest BCUT2D eigenvalue weighted by atomic mass is 10.2. The lowest BCUT2D eigenvalue weighted by Crippen LogP contribution is -2.15. The summed E-state index contributed by atoms with van der Waals surface area (Å²) in [5, 5.41) is 3.33. The number of thioether (sulfide) groups is 1. The topological polar surface area (TPSA) is 47.0 Å². The highest BCUT2D eigenvalue weighted by molar-refractivity contribution is 7.98. The number of methoxy groups -OCH3 is 1. The third-order valence-corrected chi connectivity index (χ3v) is 3.20. The van der Waals surface area contributed by atoms with Crippen LogP contribution < -0.4 is 10.1 Å². The lowest BCUT2D eigenvalue weighted by molar-refractivity contribution is 0.393. The van der Waals surface area contributed by atoms with Crippen LogP contribution in [0.15, 0.2) is 6.33 Å². The second-order valence-electron chi connectivity index (χ2n) is 3.80. The zero-order valence-electron chi connectivity index (χ0n) is 10.3. The number of nitrogens with zero attached hydrogens (tertiary/aromatic N) is 2. The molecule has 0 amide bonds. The maximum atomic E-state index is 5.14. The normalized spacial score (nSPS) is 12.2. The summed E-state index contributed by atoms with van der Waals surface area (Å²) >= 11 is 1.86. The number of hydrogen-bond acceptors (Lipinski definition) is 5. The largest absolute Gasteiger partial charge is 0.481 e. The van der Waals surface area contributed by atoms with Crippen LogP contribution in [0.1, 0.15) is 12.5 Å². The van der Waals surface area contributed by atoms with Gasteiger partial charge in [0.05, 0.1) is 12.7 Å². The van der Waals surface area contributed by atoms with Crippen molar-refractivity contribution in [3.63, 3.8) is 0 Å². The van der Waals surface area contributed by atoms with Crippen LogP contribution in [0.25, 0.3) is 0 Å². The first-order valence-corrected chi connectivity index (χ1v) is 6.66. The van der Waals surface area contributed by atoms with Gasteiger partial charge in [0.15, 0.2) is 0 Å². The first-order chi connectivity index (χ1) is 7.69. The fourth-order valence-corrected chi connectivity index (χ4v) is 2.12. The summed E-state index contributed by atoms with van der Waals surface area (Å²) in [7, 11) is 1.62. The van der Waals surface area contributed by atoms with Crippen LogP contribution in [0.4, 0.5) is 5.82 Å². The van der Waals surface area contributed by atoms with Gasteiger partial charge in [-0.15, -0.1) is 0 Å². The van der Waals surface area contributed by atoms with Crippen LogP contribution >= 0.6 is 11.8 Å². The van der Waals surface area contributed by atoms with E-state index in [1.165, 1.54) is 6.33 Å². The molecule has 0 radical (unpaired) electrons. The molecule has 1 rings (SSSR count). The van der Waals surface area contributed by atoms with E-state index in [0.717, 1.165) is 23.7 Å². The average Bonchev–Trinajstić information content (AvgIpc) is 2.28. The number of aromatic nitrogens is 2. The number of rotatable bonds is 6. The van der Waals surface area contributed by atoms with Gasteiger partial charge in [-0.3, -0.25) is 0 Å². The van der Waals surface area contributed by atoms with E-state index in [2.05, 4.69) is 28.5 Å². The first-order valence-electron chi connectivity index (χ1n) is 5.27. The summed E-state index contributed by atoms with van der Waals surface area (Å²) in [6.45, 7) is 5.10. The van der Waals surface area contributed by atoms with Gasteiger partial charge >= 0.3 is 0 Å². The fourth-order valence-electron chi connectivity index (χ4n) is 1.43. The summed E-state index contributed by atoms with van der Waals surface area (Å²) in [5.74, 6) is 3.26. The molecule has 4 nitrogen and oxygen atoms in total. The van der Waals surface area contributed by atoms with E-state index in [1.807, 2.05) is 18.7 Å². The fraction of sp³-hybridized carbons (Fsp3) is 0.636. The highest BCUT2D eigenvalue weighted by atomic mass is 32.2. The molecule has 1 atom stereocenters. The van der Waals surface area contributed by atoms with Crippen molar-refractivity contribution in [2.24, 2.45) is 5.92 Å². The van der Waals surface area contributed by atoms with Crippen molar-refractivity contribution in [1.82, 2.24) is 9.97 Å². The van der Waals surface area contributed by atoms with Gasteiger partial charge in [0.1, 0.15) is 12.1 Å². The van der Waals surface area contributed by atoms with Crippen molar-refractivity contribution in [2.75, 3.05) is 31.0 Å².